The van der Waals surface area contributed by atoms with Crippen LogP contribution in [-0.4, -0.2) is 41.8 Å². The fraction of sp³-hybridized carbons (Fsp3) is 0.455. The summed E-state index contributed by atoms with van der Waals surface area (Å²) in [5, 5.41) is 9.91. The second kappa shape index (κ2) is 6.57. The number of benzene rings is 2. The minimum atomic E-state index is -0.556. The number of aliphatic hydroxyl groups is 1. The Labute approximate surface area is 159 Å². The van der Waals surface area contributed by atoms with Crippen molar-refractivity contribution in [3.8, 4) is 0 Å². The third-order valence-corrected chi connectivity index (χ3v) is 5.84. The standard InChI is InChI=1S/C22H26F2N2O/c1-14-7-16(8-15(2)18(14)11-25-12-22(3,27)13-25)17-9-26(10-17)21-19(23)5-4-6-20(21)24/h4-8,17,27H,9-13H2,1-3H3. The van der Waals surface area contributed by atoms with E-state index in [-0.39, 0.29) is 5.69 Å². The van der Waals surface area contributed by atoms with Gasteiger partial charge in [-0.15, -0.1) is 0 Å². The smallest absolute Gasteiger partial charge is 0.149 e. The molecule has 0 saturated carbocycles. The second-order valence-electron chi connectivity index (χ2n) is 8.45. The molecule has 2 aliphatic rings. The van der Waals surface area contributed by atoms with Crippen molar-refractivity contribution in [3.63, 3.8) is 0 Å². The number of hydrogen-bond donors (Lipinski definition) is 1. The highest BCUT2D eigenvalue weighted by molar-refractivity contribution is 5.54. The van der Waals surface area contributed by atoms with Crippen molar-refractivity contribution in [1.29, 1.82) is 0 Å². The van der Waals surface area contributed by atoms with Crippen LogP contribution in [0.3, 0.4) is 0 Å². The van der Waals surface area contributed by atoms with Crippen LogP contribution in [0.1, 0.15) is 35.1 Å². The summed E-state index contributed by atoms with van der Waals surface area (Å²) in [5.41, 5.74) is 4.56. The fourth-order valence-corrected chi connectivity index (χ4v) is 4.43. The lowest BCUT2D eigenvalue weighted by atomic mass is 9.86. The lowest BCUT2D eigenvalue weighted by Gasteiger charge is -2.45. The minimum absolute atomic E-state index is 0.0867. The molecule has 0 aliphatic carbocycles. The van der Waals surface area contributed by atoms with Crippen LogP contribution in [0.4, 0.5) is 14.5 Å². The van der Waals surface area contributed by atoms with Crippen molar-refractivity contribution in [3.05, 3.63) is 64.2 Å². The number of likely N-dealkylation sites (tertiary alicyclic amines) is 1. The molecule has 0 radical (unpaired) electrons. The first kappa shape index (κ1) is 18.4. The number of halogens is 2. The molecule has 2 aromatic rings. The topological polar surface area (TPSA) is 26.7 Å². The molecule has 0 unspecified atom stereocenters. The molecular formula is C22H26F2N2O. The molecule has 2 fully saturated rings. The van der Waals surface area contributed by atoms with Crippen molar-refractivity contribution in [1.82, 2.24) is 4.90 Å². The maximum Gasteiger partial charge on any atom is 0.149 e. The van der Waals surface area contributed by atoms with Crippen molar-refractivity contribution >= 4 is 5.69 Å². The molecular weight excluding hydrogens is 346 g/mol. The first-order valence-corrected chi connectivity index (χ1v) is 9.47. The van der Waals surface area contributed by atoms with Crippen molar-refractivity contribution in [2.24, 2.45) is 0 Å². The summed E-state index contributed by atoms with van der Waals surface area (Å²) < 4.78 is 27.9. The van der Waals surface area contributed by atoms with Gasteiger partial charge in [0.15, 0.2) is 0 Å². The van der Waals surface area contributed by atoms with Crippen LogP contribution < -0.4 is 4.90 Å². The maximum atomic E-state index is 13.9. The van der Waals surface area contributed by atoms with E-state index in [1.165, 1.54) is 40.5 Å². The van der Waals surface area contributed by atoms with E-state index in [0.717, 1.165) is 6.54 Å². The summed E-state index contributed by atoms with van der Waals surface area (Å²) in [6.07, 6.45) is 0. The molecule has 0 spiro atoms. The van der Waals surface area contributed by atoms with Gasteiger partial charge in [-0.2, -0.15) is 0 Å². The van der Waals surface area contributed by atoms with E-state index in [9.17, 15) is 13.9 Å². The normalized spacial score (nSPS) is 19.7. The quantitative estimate of drug-likeness (QED) is 0.885. The lowest BCUT2D eigenvalue weighted by molar-refractivity contribution is -0.0872. The Bertz CT molecular complexity index is 823. The van der Waals surface area contributed by atoms with Gasteiger partial charge >= 0.3 is 0 Å². The van der Waals surface area contributed by atoms with Crippen LogP contribution >= 0.6 is 0 Å². The number of nitrogens with zero attached hydrogens (tertiary/aromatic N) is 2. The Hall–Kier alpha value is -1.98. The summed E-state index contributed by atoms with van der Waals surface area (Å²) in [6, 6.07) is 8.43. The second-order valence-corrected chi connectivity index (χ2v) is 8.45. The zero-order valence-electron chi connectivity index (χ0n) is 16.1. The van der Waals surface area contributed by atoms with Gasteiger partial charge in [0.1, 0.15) is 17.3 Å². The highest BCUT2D eigenvalue weighted by atomic mass is 19.1. The molecule has 2 aromatic carbocycles. The summed E-state index contributed by atoms with van der Waals surface area (Å²) in [5.74, 6) is -0.705. The molecule has 5 heteroatoms. The van der Waals surface area contributed by atoms with E-state index in [2.05, 4.69) is 30.9 Å². The maximum absolute atomic E-state index is 13.9. The summed E-state index contributed by atoms with van der Waals surface area (Å²) >= 11 is 0. The first-order chi connectivity index (χ1) is 12.7. The number of rotatable bonds is 4. The molecule has 144 valence electrons. The van der Waals surface area contributed by atoms with Gasteiger partial charge in [-0.3, -0.25) is 4.90 Å². The Morgan fingerprint density at radius 2 is 1.63 bits per heavy atom. The Morgan fingerprint density at radius 3 is 2.15 bits per heavy atom. The molecule has 0 bridgehead atoms. The summed E-state index contributed by atoms with van der Waals surface area (Å²) in [6.45, 7) is 9.64. The van der Waals surface area contributed by atoms with E-state index in [1.54, 1.807) is 4.90 Å². The zero-order valence-corrected chi connectivity index (χ0v) is 16.1. The van der Waals surface area contributed by atoms with E-state index >= 15 is 0 Å². The average Bonchev–Trinajstić information content (AvgIpc) is 2.50. The summed E-state index contributed by atoms with van der Waals surface area (Å²) in [7, 11) is 0. The van der Waals surface area contributed by atoms with Crippen LogP contribution in [0, 0.1) is 25.5 Å². The minimum Gasteiger partial charge on any atom is -0.388 e. The number of aryl methyl sites for hydroxylation is 2. The molecule has 2 heterocycles. The zero-order chi connectivity index (χ0) is 19.3. The molecule has 2 aliphatic heterocycles. The predicted molar refractivity (Wildman–Crippen MR) is 103 cm³/mol. The van der Waals surface area contributed by atoms with Crippen LogP contribution in [0.25, 0.3) is 0 Å². The molecule has 3 nitrogen and oxygen atoms in total. The molecule has 0 amide bonds. The molecule has 0 atom stereocenters. The van der Waals surface area contributed by atoms with Crippen molar-refractivity contribution in [2.75, 3.05) is 31.1 Å². The average molecular weight is 372 g/mol. The highest BCUT2D eigenvalue weighted by Crippen LogP contribution is 2.36. The van der Waals surface area contributed by atoms with E-state index < -0.39 is 17.2 Å². The van der Waals surface area contributed by atoms with Crippen molar-refractivity contribution in [2.45, 2.75) is 38.8 Å². The first-order valence-electron chi connectivity index (χ1n) is 9.47. The van der Waals surface area contributed by atoms with E-state index in [1.807, 2.05) is 6.92 Å². The van der Waals surface area contributed by atoms with Crippen LogP contribution in [0.2, 0.25) is 0 Å². The van der Waals surface area contributed by atoms with Gasteiger partial charge in [-0.05, 0) is 55.2 Å². The summed E-state index contributed by atoms with van der Waals surface area (Å²) in [4.78, 5) is 4.02. The fourth-order valence-electron chi connectivity index (χ4n) is 4.43. The van der Waals surface area contributed by atoms with E-state index in [0.29, 0.717) is 32.1 Å². The number of para-hydroxylation sites is 1. The number of β-amino-alcohol motifs (C(OH)–C–C–N with tert-alkyl or cyclic N) is 1. The van der Waals surface area contributed by atoms with Gasteiger partial charge in [0.05, 0.1) is 5.60 Å². The highest BCUT2D eigenvalue weighted by Gasteiger charge is 2.37. The van der Waals surface area contributed by atoms with Crippen LogP contribution in [-0.2, 0) is 6.54 Å². The van der Waals surface area contributed by atoms with Gasteiger partial charge in [0.2, 0.25) is 0 Å². The number of hydrogen-bond acceptors (Lipinski definition) is 3. The SMILES string of the molecule is Cc1cc(C2CN(c3c(F)cccc3F)C2)cc(C)c1CN1CC(C)(O)C1. The Kier molecular flexibility index (Phi) is 4.47. The monoisotopic (exact) mass is 372 g/mol. The van der Waals surface area contributed by atoms with Gasteiger partial charge in [0.25, 0.3) is 0 Å². The van der Waals surface area contributed by atoms with Crippen LogP contribution in [0.5, 0.6) is 0 Å². The van der Waals surface area contributed by atoms with Crippen LogP contribution in [0.15, 0.2) is 30.3 Å². The van der Waals surface area contributed by atoms with E-state index in [4.69, 9.17) is 0 Å². The van der Waals surface area contributed by atoms with Crippen molar-refractivity contribution < 1.29 is 13.9 Å². The van der Waals surface area contributed by atoms with Gasteiger partial charge in [-0.1, -0.05) is 18.2 Å². The molecule has 0 aromatic heterocycles. The third-order valence-electron chi connectivity index (χ3n) is 5.84. The Balaban J connectivity index is 1.45. The molecule has 2 saturated heterocycles. The molecule has 27 heavy (non-hydrogen) atoms. The number of anilines is 1. The molecule has 4 rings (SSSR count). The lowest BCUT2D eigenvalue weighted by Crippen LogP contribution is -2.59. The van der Waals surface area contributed by atoms with Gasteiger partial charge in [0, 0.05) is 38.6 Å². The third kappa shape index (κ3) is 3.46. The molecule has 1 N–H and O–H groups in total. The predicted octanol–water partition coefficient (Wildman–Crippen LogP) is 3.75. The van der Waals surface area contributed by atoms with Gasteiger partial charge in [-0.25, -0.2) is 8.78 Å². The van der Waals surface area contributed by atoms with Gasteiger partial charge < -0.3 is 10.0 Å². The Morgan fingerprint density at radius 1 is 1.07 bits per heavy atom. The largest absolute Gasteiger partial charge is 0.388 e.